The Kier molecular flexibility index (Phi) is 6.35. The Balaban J connectivity index is 2.55. The van der Waals surface area contributed by atoms with Gasteiger partial charge in [0.2, 0.25) is 5.91 Å². The molecule has 2 N–H and O–H groups in total. The second-order valence-corrected chi connectivity index (χ2v) is 5.03. The monoisotopic (exact) mass is 285 g/mol. The maximum atomic E-state index is 12.9. The van der Waals surface area contributed by atoms with Gasteiger partial charge in [-0.2, -0.15) is 11.8 Å². The van der Waals surface area contributed by atoms with Gasteiger partial charge in [0.1, 0.15) is 11.9 Å². The highest BCUT2D eigenvalue weighted by atomic mass is 32.2. The summed E-state index contributed by atoms with van der Waals surface area (Å²) in [7, 11) is 0. The summed E-state index contributed by atoms with van der Waals surface area (Å²) in [6, 6.07) is 4.80. The Morgan fingerprint density at radius 2 is 2.21 bits per heavy atom. The first-order valence-corrected chi connectivity index (χ1v) is 7.18. The van der Waals surface area contributed by atoms with Crippen LogP contribution < -0.4 is 5.32 Å². The third-order valence-electron chi connectivity index (χ3n) is 2.50. The van der Waals surface area contributed by atoms with Crippen molar-refractivity contribution in [3.8, 4) is 0 Å². The zero-order valence-electron chi connectivity index (χ0n) is 10.6. The van der Waals surface area contributed by atoms with Crippen LogP contribution in [0.5, 0.6) is 0 Å². The van der Waals surface area contributed by atoms with Crippen molar-refractivity contribution in [2.24, 2.45) is 0 Å². The average molecular weight is 285 g/mol. The minimum Gasteiger partial charge on any atom is -0.480 e. The van der Waals surface area contributed by atoms with E-state index in [1.807, 2.05) is 6.26 Å². The Hall–Kier alpha value is -1.56. The number of hydrogen-bond acceptors (Lipinski definition) is 3. The van der Waals surface area contributed by atoms with E-state index in [1.54, 1.807) is 6.07 Å². The Morgan fingerprint density at radius 1 is 1.47 bits per heavy atom. The number of carbonyl (C=O) groups excluding carboxylic acids is 1. The summed E-state index contributed by atoms with van der Waals surface area (Å²) in [5.74, 6) is -1.24. The highest BCUT2D eigenvalue weighted by molar-refractivity contribution is 7.98. The maximum absolute atomic E-state index is 12.9. The molecule has 0 unspecified atom stereocenters. The van der Waals surface area contributed by atoms with Crippen molar-refractivity contribution in [1.82, 2.24) is 5.32 Å². The van der Waals surface area contributed by atoms with E-state index in [0.29, 0.717) is 17.7 Å². The number of aliphatic carboxylic acids is 1. The van der Waals surface area contributed by atoms with Crippen LogP contribution in [0.15, 0.2) is 24.3 Å². The second-order valence-electron chi connectivity index (χ2n) is 4.05. The lowest BCUT2D eigenvalue weighted by Gasteiger charge is -2.13. The van der Waals surface area contributed by atoms with E-state index in [9.17, 15) is 14.0 Å². The average Bonchev–Trinajstić information content (AvgIpc) is 2.34. The fourth-order valence-corrected chi connectivity index (χ4v) is 2.04. The van der Waals surface area contributed by atoms with Gasteiger partial charge >= 0.3 is 5.97 Å². The van der Waals surface area contributed by atoms with Gasteiger partial charge in [-0.05, 0) is 36.1 Å². The number of halogens is 1. The summed E-state index contributed by atoms with van der Waals surface area (Å²) in [5.41, 5.74) is 0.520. The fourth-order valence-electron chi connectivity index (χ4n) is 1.57. The minimum absolute atomic E-state index is 0.0270. The summed E-state index contributed by atoms with van der Waals surface area (Å²) < 4.78 is 12.9. The first-order valence-electron chi connectivity index (χ1n) is 5.78. The molecule has 0 aliphatic heterocycles. The number of carboxylic acid groups (broad SMARTS) is 1. The van der Waals surface area contributed by atoms with E-state index >= 15 is 0 Å². The highest BCUT2D eigenvalue weighted by Crippen LogP contribution is 2.05. The van der Waals surface area contributed by atoms with E-state index < -0.39 is 23.7 Å². The van der Waals surface area contributed by atoms with Gasteiger partial charge in [-0.15, -0.1) is 0 Å². The van der Waals surface area contributed by atoms with Crippen molar-refractivity contribution in [3.05, 3.63) is 35.6 Å². The van der Waals surface area contributed by atoms with Gasteiger partial charge in [0, 0.05) is 0 Å². The van der Waals surface area contributed by atoms with Gasteiger partial charge in [-0.25, -0.2) is 9.18 Å². The standard InChI is InChI=1S/C13H16FNO3S/c1-19-6-5-11(13(17)18)15-12(16)8-9-3-2-4-10(14)7-9/h2-4,7,11H,5-6,8H2,1H3,(H,15,16)(H,17,18)/t11-/m0/s1. The normalized spacial score (nSPS) is 11.9. The molecule has 0 bridgehead atoms. The van der Waals surface area contributed by atoms with Gasteiger partial charge in [0.05, 0.1) is 6.42 Å². The van der Waals surface area contributed by atoms with Crippen molar-refractivity contribution >= 4 is 23.6 Å². The van der Waals surface area contributed by atoms with Crippen LogP contribution in [0.1, 0.15) is 12.0 Å². The largest absolute Gasteiger partial charge is 0.480 e. The van der Waals surface area contributed by atoms with E-state index in [1.165, 1.54) is 30.0 Å². The first-order chi connectivity index (χ1) is 9.02. The van der Waals surface area contributed by atoms with Crippen molar-refractivity contribution in [1.29, 1.82) is 0 Å². The van der Waals surface area contributed by atoms with E-state index in [-0.39, 0.29) is 6.42 Å². The molecule has 0 aromatic heterocycles. The number of benzene rings is 1. The summed E-state index contributed by atoms with van der Waals surface area (Å²) in [5, 5.41) is 11.4. The minimum atomic E-state index is -1.05. The Bertz CT molecular complexity index is 453. The molecule has 1 rings (SSSR count). The van der Waals surface area contributed by atoms with Crippen LogP contribution in [0, 0.1) is 5.82 Å². The fraction of sp³-hybridized carbons (Fsp3) is 0.385. The smallest absolute Gasteiger partial charge is 0.326 e. The van der Waals surface area contributed by atoms with Crippen molar-refractivity contribution < 1.29 is 19.1 Å². The van der Waals surface area contributed by atoms with Gasteiger partial charge in [0.25, 0.3) is 0 Å². The van der Waals surface area contributed by atoms with Gasteiger partial charge < -0.3 is 10.4 Å². The first kappa shape index (κ1) is 15.5. The number of carbonyl (C=O) groups is 2. The number of carboxylic acids is 1. The number of hydrogen-bond donors (Lipinski definition) is 2. The number of rotatable bonds is 7. The molecule has 0 aliphatic carbocycles. The molecule has 0 spiro atoms. The predicted octanol–water partition coefficient (Wildman–Crippen LogP) is 1.69. The molecule has 1 aromatic rings. The highest BCUT2D eigenvalue weighted by Gasteiger charge is 2.19. The van der Waals surface area contributed by atoms with E-state index in [0.717, 1.165) is 0 Å². The van der Waals surface area contributed by atoms with Crippen LogP contribution >= 0.6 is 11.8 Å². The predicted molar refractivity (Wildman–Crippen MR) is 72.7 cm³/mol. The van der Waals surface area contributed by atoms with Crippen LogP contribution in [0.3, 0.4) is 0 Å². The van der Waals surface area contributed by atoms with Crippen LogP contribution in [0.4, 0.5) is 4.39 Å². The van der Waals surface area contributed by atoms with E-state index in [4.69, 9.17) is 5.11 Å². The van der Waals surface area contributed by atoms with Gasteiger partial charge in [-0.1, -0.05) is 12.1 Å². The lowest BCUT2D eigenvalue weighted by Crippen LogP contribution is -2.41. The molecule has 0 heterocycles. The molecule has 0 fully saturated rings. The summed E-state index contributed by atoms with van der Waals surface area (Å²) in [6.07, 6.45) is 2.21. The Labute approximate surface area is 115 Å². The third kappa shape index (κ3) is 5.74. The van der Waals surface area contributed by atoms with E-state index in [2.05, 4.69) is 5.32 Å². The molecule has 104 valence electrons. The lowest BCUT2D eigenvalue weighted by atomic mass is 10.1. The van der Waals surface area contributed by atoms with Crippen LogP contribution in [-0.4, -0.2) is 35.0 Å². The van der Waals surface area contributed by atoms with Gasteiger partial charge in [0.15, 0.2) is 0 Å². The summed E-state index contributed by atoms with van der Waals surface area (Å²) in [4.78, 5) is 22.7. The quantitative estimate of drug-likeness (QED) is 0.800. The third-order valence-corrected chi connectivity index (χ3v) is 3.14. The van der Waals surface area contributed by atoms with Crippen LogP contribution in [0.2, 0.25) is 0 Å². The maximum Gasteiger partial charge on any atom is 0.326 e. The molecule has 6 heteroatoms. The molecule has 0 radical (unpaired) electrons. The Morgan fingerprint density at radius 3 is 2.79 bits per heavy atom. The second kappa shape index (κ2) is 7.78. The number of nitrogens with one attached hydrogen (secondary N) is 1. The molecule has 4 nitrogen and oxygen atoms in total. The topological polar surface area (TPSA) is 66.4 Å². The van der Waals surface area contributed by atoms with Gasteiger partial charge in [-0.3, -0.25) is 4.79 Å². The van der Waals surface area contributed by atoms with Crippen molar-refractivity contribution in [2.75, 3.05) is 12.0 Å². The number of thioether (sulfide) groups is 1. The molecule has 1 amide bonds. The zero-order chi connectivity index (χ0) is 14.3. The molecule has 0 aliphatic rings. The number of amides is 1. The molecule has 0 saturated carbocycles. The summed E-state index contributed by atoms with van der Waals surface area (Å²) >= 11 is 1.52. The molecule has 1 atom stereocenters. The molecule has 0 saturated heterocycles. The molecular weight excluding hydrogens is 269 g/mol. The SMILES string of the molecule is CSCC[C@H](NC(=O)Cc1cccc(F)c1)C(=O)O. The molecular formula is C13H16FNO3S. The lowest BCUT2D eigenvalue weighted by molar-refractivity contribution is -0.141. The summed E-state index contributed by atoms with van der Waals surface area (Å²) in [6.45, 7) is 0. The van der Waals surface area contributed by atoms with Crippen LogP contribution in [0.25, 0.3) is 0 Å². The van der Waals surface area contributed by atoms with Crippen molar-refractivity contribution in [2.45, 2.75) is 18.9 Å². The zero-order valence-corrected chi connectivity index (χ0v) is 11.4. The van der Waals surface area contributed by atoms with Crippen LogP contribution in [-0.2, 0) is 16.0 Å². The van der Waals surface area contributed by atoms with Crippen molar-refractivity contribution in [3.63, 3.8) is 0 Å². The molecule has 19 heavy (non-hydrogen) atoms. The molecule has 1 aromatic carbocycles.